The molecule has 3 aromatic rings. The summed E-state index contributed by atoms with van der Waals surface area (Å²) >= 11 is 5.92. The van der Waals surface area contributed by atoms with Crippen LogP contribution in [0.4, 0.5) is 0 Å². The second-order valence-corrected chi connectivity index (χ2v) is 7.30. The Morgan fingerprint density at radius 1 is 1.18 bits per heavy atom. The summed E-state index contributed by atoms with van der Waals surface area (Å²) in [6.45, 7) is 2.57. The first-order chi connectivity index (χ1) is 13.5. The number of carbonyl (C=O) groups is 1. The van der Waals surface area contributed by atoms with Crippen LogP contribution in [0.15, 0.2) is 53.1 Å². The molecule has 2 heterocycles. The van der Waals surface area contributed by atoms with E-state index in [0.717, 1.165) is 16.9 Å². The minimum Gasteiger partial charge on any atom is -0.497 e. The largest absolute Gasteiger partial charge is 0.497 e. The van der Waals surface area contributed by atoms with Crippen LogP contribution < -0.4 is 4.74 Å². The molecule has 1 fully saturated rings. The van der Waals surface area contributed by atoms with Crippen molar-refractivity contribution in [3.05, 3.63) is 65.0 Å². The molecule has 2 unspecified atom stereocenters. The SMILES string of the molecule is COc1ccc(C(C)N2CC(c3nc(-c4ccc(Cl)cc4)no3)CC2=O)cc1. The number of nitrogens with zero attached hydrogens (tertiary/aromatic N) is 3. The van der Waals surface area contributed by atoms with Crippen molar-refractivity contribution in [2.75, 3.05) is 13.7 Å². The van der Waals surface area contributed by atoms with E-state index in [1.165, 1.54) is 0 Å². The van der Waals surface area contributed by atoms with Gasteiger partial charge in [0.15, 0.2) is 0 Å². The number of likely N-dealkylation sites (tertiary alicyclic amines) is 1. The Bertz CT molecular complexity index is 969. The molecule has 144 valence electrons. The predicted molar refractivity (Wildman–Crippen MR) is 105 cm³/mol. The zero-order chi connectivity index (χ0) is 19.7. The highest BCUT2D eigenvalue weighted by molar-refractivity contribution is 6.30. The predicted octanol–water partition coefficient (Wildman–Crippen LogP) is 4.48. The van der Waals surface area contributed by atoms with Crippen LogP contribution in [0.5, 0.6) is 5.75 Å². The Balaban J connectivity index is 1.49. The summed E-state index contributed by atoms with van der Waals surface area (Å²) in [5.74, 6) is 1.76. The summed E-state index contributed by atoms with van der Waals surface area (Å²) in [5.41, 5.74) is 1.88. The molecule has 0 radical (unpaired) electrons. The van der Waals surface area contributed by atoms with Crippen molar-refractivity contribution in [3.8, 4) is 17.1 Å². The average molecular weight is 398 g/mol. The normalized spacial score (nSPS) is 17.8. The molecule has 0 spiro atoms. The molecule has 0 saturated carbocycles. The maximum absolute atomic E-state index is 12.6. The van der Waals surface area contributed by atoms with Gasteiger partial charge in [0, 0.05) is 23.6 Å². The van der Waals surface area contributed by atoms with Gasteiger partial charge in [-0.25, -0.2) is 0 Å². The van der Waals surface area contributed by atoms with Crippen molar-refractivity contribution in [2.24, 2.45) is 0 Å². The zero-order valence-electron chi connectivity index (χ0n) is 15.6. The van der Waals surface area contributed by atoms with Crippen LogP contribution in [0.3, 0.4) is 0 Å². The standard InChI is InChI=1S/C21H20ClN3O3/c1-13(14-5-9-18(27-2)10-6-14)25-12-16(11-19(25)26)21-23-20(24-28-21)15-3-7-17(22)8-4-15/h3-10,13,16H,11-12H2,1-2H3. The Labute approximate surface area is 168 Å². The van der Waals surface area contributed by atoms with Crippen molar-refractivity contribution in [3.63, 3.8) is 0 Å². The Hall–Kier alpha value is -2.86. The van der Waals surface area contributed by atoms with Crippen LogP contribution in [-0.2, 0) is 4.79 Å². The average Bonchev–Trinajstić information content (AvgIpc) is 3.35. The van der Waals surface area contributed by atoms with Crippen LogP contribution >= 0.6 is 11.6 Å². The quantitative estimate of drug-likeness (QED) is 0.635. The molecular formula is C21H20ClN3O3. The number of carbonyl (C=O) groups excluding carboxylic acids is 1. The molecule has 28 heavy (non-hydrogen) atoms. The number of hydrogen-bond acceptors (Lipinski definition) is 5. The van der Waals surface area contributed by atoms with Crippen LogP contribution in [0, 0.1) is 0 Å². The molecule has 1 amide bonds. The third kappa shape index (κ3) is 3.60. The Kier molecular flexibility index (Phi) is 5.05. The van der Waals surface area contributed by atoms with Gasteiger partial charge in [0.2, 0.25) is 17.6 Å². The number of hydrogen-bond donors (Lipinski definition) is 0. The first-order valence-corrected chi connectivity index (χ1v) is 9.46. The van der Waals surface area contributed by atoms with Gasteiger partial charge in [-0.3, -0.25) is 4.79 Å². The van der Waals surface area contributed by atoms with Crippen molar-refractivity contribution in [1.29, 1.82) is 0 Å². The summed E-state index contributed by atoms with van der Waals surface area (Å²) in [4.78, 5) is 19.0. The molecule has 0 bridgehead atoms. The van der Waals surface area contributed by atoms with Gasteiger partial charge in [-0.15, -0.1) is 0 Å². The molecule has 2 aromatic carbocycles. The summed E-state index contributed by atoms with van der Waals surface area (Å²) < 4.78 is 10.7. The molecule has 6 nitrogen and oxygen atoms in total. The molecule has 0 aliphatic carbocycles. The van der Waals surface area contributed by atoms with Crippen LogP contribution in [0.2, 0.25) is 5.02 Å². The van der Waals surface area contributed by atoms with Crippen molar-refractivity contribution < 1.29 is 14.1 Å². The highest BCUT2D eigenvalue weighted by atomic mass is 35.5. The lowest BCUT2D eigenvalue weighted by molar-refractivity contribution is -0.129. The third-order valence-corrected chi connectivity index (χ3v) is 5.37. The van der Waals surface area contributed by atoms with Gasteiger partial charge in [-0.05, 0) is 48.9 Å². The first-order valence-electron chi connectivity index (χ1n) is 9.08. The number of ether oxygens (including phenoxy) is 1. The van der Waals surface area contributed by atoms with Crippen LogP contribution in [0.25, 0.3) is 11.4 Å². The number of methoxy groups -OCH3 is 1. The lowest BCUT2D eigenvalue weighted by Crippen LogP contribution is -2.28. The van der Waals surface area contributed by atoms with Gasteiger partial charge in [0.05, 0.1) is 19.1 Å². The smallest absolute Gasteiger partial charge is 0.232 e. The van der Waals surface area contributed by atoms with E-state index in [2.05, 4.69) is 10.1 Å². The van der Waals surface area contributed by atoms with Crippen molar-refractivity contribution in [1.82, 2.24) is 15.0 Å². The maximum atomic E-state index is 12.6. The molecule has 4 rings (SSSR count). The van der Waals surface area contributed by atoms with Gasteiger partial charge in [-0.2, -0.15) is 4.98 Å². The van der Waals surface area contributed by atoms with E-state index in [-0.39, 0.29) is 17.9 Å². The summed E-state index contributed by atoms with van der Waals surface area (Å²) in [6, 6.07) is 15.0. The van der Waals surface area contributed by atoms with Gasteiger partial charge >= 0.3 is 0 Å². The number of rotatable bonds is 5. The summed E-state index contributed by atoms with van der Waals surface area (Å²) in [7, 11) is 1.63. The summed E-state index contributed by atoms with van der Waals surface area (Å²) in [5, 5.41) is 4.71. The van der Waals surface area contributed by atoms with Crippen LogP contribution in [-0.4, -0.2) is 34.6 Å². The van der Waals surface area contributed by atoms with Gasteiger partial charge in [-0.1, -0.05) is 28.9 Å². The number of aromatic nitrogens is 2. The molecule has 2 atom stereocenters. The van der Waals surface area contributed by atoms with Crippen molar-refractivity contribution in [2.45, 2.75) is 25.3 Å². The van der Waals surface area contributed by atoms with Gasteiger partial charge in [0.1, 0.15) is 5.75 Å². The molecule has 1 saturated heterocycles. The highest BCUT2D eigenvalue weighted by Gasteiger charge is 2.37. The fourth-order valence-corrected chi connectivity index (χ4v) is 3.58. The monoisotopic (exact) mass is 397 g/mol. The fraction of sp³-hybridized carbons (Fsp3) is 0.286. The lowest BCUT2D eigenvalue weighted by Gasteiger charge is -2.25. The molecule has 1 aromatic heterocycles. The molecule has 0 N–H and O–H groups in total. The van der Waals surface area contributed by atoms with E-state index in [1.807, 2.05) is 48.2 Å². The molecule has 1 aliphatic rings. The van der Waals surface area contributed by atoms with E-state index in [0.29, 0.717) is 29.7 Å². The fourth-order valence-electron chi connectivity index (χ4n) is 3.45. The van der Waals surface area contributed by atoms with E-state index < -0.39 is 0 Å². The molecule has 7 heteroatoms. The third-order valence-electron chi connectivity index (χ3n) is 5.12. The minimum absolute atomic E-state index is 0.0398. The minimum atomic E-state index is -0.109. The summed E-state index contributed by atoms with van der Waals surface area (Å²) in [6.07, 6.45) is 0.364. The molecule has 1 aliphatic heterocycles. The van der Waals surface area contributed by atoms with Gasteiger partial charge < -0.3 is 14.2 Å². The van der Waals surface area contributed by atoms with Crippen molar-refractivity contribution >= 4 is 17.5 Å². The van der Waals surface area contributed by atoms with Crippen LogP contribution in [0.1, 0.15) is 36.8 Å². The van der Waals surface area contributed by atoms with E-state index in [4.69, 9.17) is 20.9 Å². The topological polar surface area (TPSA) is 68.5 Å². The number of amides is 1. The second-order valence-electron chi connectivity index (χ2n) is 6.86. The van der Waals surface area contributed by atoms with E-state index in [9.17, 15) is 4.79 Å². The Morgan fingerprint density at radius 2 is 1.89 bits per heavy atom. The second kappa shape index (κ2) is 7.64. The van der Waals surface area contributed by atoms with E-state index >= 15 is 0 Å². The molecular weight excluding hydrogens is 378 g/mol. The lowest BCUT2D eigenvalue weighted by atomic mass is 10.1. The van der Waals surface area contributed by atoms with E-state index in [1.54, 1.807) is 19.2 Å². The number of benzene rings is 2. The number of halogens is 1. The highest BCUT2D eigenvalue weighted by Crippen LogP contribution is 2.34. The first kappa shape index (κ1) is 18.5. The maximum Gasteiger partial charge on any atom is 0.232 e. The zero-order valence-corrected chi connectivity index (χ0v) is 16.4. The Morgan fingerprint density at radius 3 is 2.57 bits per heavy atom. The van der Waals surface area contributed by atoms with Gasteiger partial charge in [0.25, 0.3) is 0 Å².